The van der Waals surface area contributed by atoms with Crippen molar-refractivity contribution in [3.05, 3.63) is 47.6 Å². The molecule has 178 valence electrons. The standard InChI is InChI=1S/C27H40O3.Ca.H3N.2H/c1-17(6-13-25(29)20-8-9-20)23-11-12-24-19(5-4-14-27(23,24)3)7-10-21-15-22(28)16-26(30)18(21)2;;;;/h6-7,10,13,17,20,22-26,28-30H,2,4-5,8-9,11-12,14-16H2,1,3H3;;1H3;;/b13-6+,19-7+,21-10-;;;;/t17-,22-,23-,24+,25-,26+,27-;;;;/m1..../s1. The van der Waals surface area contributed by atoms with Gasteiger partial charge in [0.25, 0.3) is 0 Å². The van der Waals surface area contributed by atoms with Gasteiger partial charge in [0.2, 0.25) is 0 Å². The third kappa shape index (κ3) is 6.00. The van der Waals surface area contributed by atoms with Gasteiger partial charge in [-0.15, -0.1) is 0 Å². The van der Waals surface area contributed by atoms with Crippen LogP contribution < -0.4 is 6.15 Å². The Hall–Kier alpha value is 0.0597. The topological polar surface area (TPSA) is 95.7 Å². The van der Waals surface area contributed by atoms with E-state index in [9.17, 15) is 15.3 Å². The van der Waals surface area contributed by atoms with Crippen molar-refractivity contribution in [1.82, 2.24) is 6.15 Å². The first-order valence-electron chi connectivity index (χ1n) is 12.1. The summed E-state index contributed by atoms with van der Waals surface area (Å²) in [5, 5.41) is 30.4. The van der Waals surface area contributed by atoms with Crippen molar-refractivity contribution >= 4 is 37.7 Å². The van der Waals surface area contributed by atoms with E-state index < -0.39 is 12.2 Å². The second-order valence-electron chi connectivity index (χ2n) is 10.7. The summed E-state index contributed by atoms with van der Waals surface area (Å²) in [5.41, 5.74) is 3.63. The van der Waals surface area contributed by atoms with E-state index in [0.717, 1.165) is 17.6 Å². The first-order chi connectivity index (χ1) is 14.3. The molecule has 5 heteroatoms. The van der Waals surface area contributed by atoms with Crippen molar-refractivity contribution in [3.8, 4) is 0 Å². The minimum absolute atomic E-state index is 0. The number of rotatable bonds is 5. The Morgan fingerprint density at radius 2 is 1.81 bits per heavy atom. The summed E-state index contributed by atoms with van der Waals surface area (Å²) in [5.74, 6) is 2.28. The number of aliphatic hydroxyl groups is 3. The third-order valence-electron chi connectivity index (χ3n) is 8.65. The molecule has 4 fully saturated rings. The molecule has 0 saturated heterocycles. The predicted molar refractivity (Wildman–Crippen MR) is 135 cm³/mol. The van der Waals surface area contributed by atoms with Crippen LogP contribution in [-0.2, 0) is 0 Å². The molecular weight excluding hydrogens is 426 g/mol. The van der Waals surface area contributed by atoms with Crippen LogP contribution in [0, 0.1) is 29.1 Å². The van der Waals surface area contributed by atoms with Crippen molar-refractivity contribution in [2.24, 2.45) is 29.1 Å². The molecule has 4 rings (SSSR count). The molecule has 0 aromatic heterocycles. The molecule has 4 nitrogen and oxygen atoms in total. The second-order valence-corrected chi connectivity index (χ2v) is 10.7. The van der Waals surface area contributed by atoms with Crippen molar-refractivity contribution in [1.29, 1.82) is 0 Å². The molecule has 6 N–H and O–H groups in total. The fourth-order valence-corrected chi connectivity index (χ4v) is 6.63. The van der Waals surface area contributed by atoms with Gasteiger partial charge in [0, 0.05) is 6.42 Å². The van der Waals surface area contributed by atoms with Crippen LogP contribution in [0.2, 0.25) is 0 Å². The quantitative estimate of drug-likeness (QED) is 0.354. The Morgan fingerprint density at radius 1 is 1.09 bits per heavy atom. The molecule has 0 bridgehead atoms. The minimum atomic E-state index is -0.621. The summed E-state index contributed by atoms with van der Waals surface area (Å²) in [6.07, 6.45) is 16.9. The zero-order valence-corrected chi connectivity index (χ0v) is 19.5. The van der Waals surface area contributed by atoms with E-state index in [1.807, 2.05) is 0 Å². The van der Waals surface area contributed by atoms with E-state index >= 15 is 0 Å². The number of hydrogen-bond donors (Lipinski definition) is 4. The Morgan fingerprint density at radius 3 is 2.50 bits per heavy atom. The molecule has 0 heterocycles. The summed E-state index contributed by atoms with van der Waals surface area (Å²) >= 11 is 0. The Labute approximate surface area is 224 Å². The molecule has 7 atom stereocenters. The maximum absolute atomic E-state index is 10.2. The first kappa shape index (κ1) is 28.3. The van der Waals surface area contributed by atoms with Gasteiger partial charge in [-0.05, 0) is 91.6 Å². The molecule has 32 heavy (non-hydrogen) atoms. The number of hydrogen-bond acceptors (Lipinski definition) is 4. The van der Waals surface area contributed by atoms with Crippen LogP contribution in [0.5, 0.6) is 0 Å². The molecule has 0 aromatic carbocycles. The van der Waals surface area contributed by atoms with E-state index in [1.54, 1.807) is 0 Å². The van der Waals surface area contributed by atoms with Gasteiger partial charge in [0.15, 0.2) is 0 Å². The van der Waals surface area contributed by atoms with Gasteiger partial charge < -0.3 is 21.5 Å². The summed E-state index contributed by atoms with van der Waals surface area (Å²) < 4.78 is 0. The first-order valence-corrected chi connectivity index (χ1v) is 12.1. The molecule has 0 amide bonds. The predicted octanol–water partition coefficient (Wildman–Crippen LogP) is 4.34. The molecule has 0 spiro atoms. The summed E-state index contributed by atoms with van der Waals surface area (Å²) in [6.45, 7) is 8.88. The van der Waals surface area contributed by atoms with Gasteiger partial charge >= 0.3 is 37.7 Å². The Balaban J connectivity index is 0.00000181. The Bertz CT molecular complexity index is 756. The van der Waals surface area contributed by atoms with E-state index in [-0.39, 0.29) is 50.0 Å². The molecule has 0 unspecified atom stereocenters. The molecule has 0 aliphatic heterocycles. The van der Waals surface area contributed by atoms with E-state index in [0.29, 0.717) is 41.9 Å². The second kappa shape index (κ2) is 11.7. The molecule has 0 radical (unpaired) electrons. The van der Waals surface area contributed by atoms with Crippen LogP contribution in [0.4, 0.5) is 0 Å². The molecular formula is C27H45CaNO3. The molecule has 0 aromatic rings. The maximum atomic E-state index is 10.2. The fraction of sp³-hybridized carbons (Fsp3) is 0.704. The fourth-order valence-electron chi connectivity index (χ4n) is 6.63. The molecule has 4 aliphatic rings. The Kier molecular flexibility index (Phi) is 10.3. The van der Waals surface area contributed by atoms with Crippen LogP contribution in [0.25, 0.3) is 0 Å². The van der Waals surface area contributed by atoms with Crippen LogP contribution in [0.3, 0.4) is 0 Å². The average molecular weight is 472 g/mol. The van der Waals surface area contributed by atoms with Crippen molar-refractivity contribution in [3.63, 3.8) is 0 Å². The van der Waals surface area contributed by atoms with Crippen LogP contribution in [0.1, 0.15) is 71.6 Å². The summed E-state index contributed by atoms with van der Waals surface area (Å²) in [4.78, 5) is 0. The van der Waals surface area contributed by atoms with Gasteiger partial charge in [-0.3, -0.25) is 0 Å². The van der Waals surface area contributed by atoms with Gasteiger partial charge in [0.1, 0.15) is 0 Å². The number of allylic oxidation sites excluding steroid dienone is 4. The average Bonchev–Trinajstić information content (AvgIpc) is 3.49. The van der Waals surface area contributed by atoms with E-state index in [1.165, 1.54) is 44.1 Å². The van der Waals surface area contributed by atoms with Crippen molar-refractivity contribution in [2.45, 2.75) is 89.9 Å². The van der Waals surface area contributed by atoms with Crippen LogP contribution >= 0.6 is 0 Å². The number of fused-ring (bicyclic) bond motifs is 1. The van der Waals surface area contributed by atoms with Crippen molar-refractivity contribution < 1.29 is 15.3 Å². The third-order valence-corrected chi connectivity index (χ3v) is 8.65. The zero-order chi connectivity index (χ0) is 21.5. The monoisotopic (exact) mass is 471 g/mol. The zero-order valence-electron chi connectivity index (χ0n) is 19.5. The van der Waals surface area contributed by atoms with Gasteiger partial charge in [-0.25, -0.2) is 0 Å². The van der Waals surface area contributed by atoms with Crippen molar-refractivity contribution in [2.75, 3.05) is 0 Å². The van der Waals surface area contributed by atoms with E-state index in [2.05, 4.69) is 44.7 Å². The summed E-state index contributed by atoms with van der Waals surface area (Å²) in [7, 11) is 0. The molecule has 4 aliphatic carbocycles. The van der Waals surface area contributed by atoms with Gasteiger partial charge in [0.05, 0.1) is 18.3 Å². The van der Waals surface area contributed by atoms with Gasteiger partial charge in [-0.1, -0.05) is 50.3 Å². The van der Waals surface area contributed by atoms with E-state index in [4.69, 9.17) is 0 Å². The SMILES string of the molecule is C=C1/C(=C\C=C2/CCC[C@]3(C)[C@@H]([C@H](C)/C=C/[C@@H](O)C4CC4)CC[C@@H]23)C[C@@H](O)C[C@@H]1O.N.[CaH2]. The summed E-state index contributed by atoms with van der Waals surface area (Å²) in [6, 6.07) is 0. The molecule has 4 saturated carbocycles. The normalized spacial score (nSPS) is 39.5. The van der Waals surface area contributed by atoms with Gasteiger partial charge in [-0.2, -0.15) is 0 Å². The number of aliphatic hydroxyl groups excluding tert-OH is 3. The van der Waals surface area contributed by atoms with Crippen LogP contribution in [0.15, 0.2) is 47.6 Å². The van der Waals surface area contributed by atoms with Crippen LogP contribution in [-0.4, -0.2) is 71.4 Å².